The van der Waals surface area contributed by atoms with E-state index in [2.05, 4.69) is 15.2 Å². The molecule has 5 heteroatoms. The number of hydrogen-bond donors (Lipinski definition) is 3. The van der Waals surface area contributed by atoms with E-state index in [-0.39, 0.29) is 5.56 Å². The average Bonchev–Trinajstić information content (AvgIpc) is 2.41. The van der Waals surface area contributed by atoms with Crippen LogP contribution in [0.1, 0.15) is 11.1 Å². The molecule has 0 radical (unpaired) electrons. The Bertz CT molecular complexity index is 678. The SMILES string of the molecule is COc1ccc(-c2[nH]cc[nH][nH]c(=O)c2C)c(C)c1. The molecule has 0 bridgehead atoms. The van der Waals surface area contributed by atoms with E-state index in [0.717, 1.165) is 22.6 Å². The van der Waals surface area contributed by atoms with Crippen LogP contribution in [0.15, 0.2) is 35.4 Å². The van der Waals surface area contributed by atoms with Gasteiger partial charge < -0.3 is 14.8 Å². The van der Waals surface area contributed by atoms with Gasteiger partial charge in [-0.05, 0) is 37.6 Å². The highest BCUT2D eigenvalue weighted by Crippen LogP contribution is 2.25. The van der Waals surface area contributed by atoms with Crippen LogP contribution >= 0.6 is 0 Å². The fraction of sp³-hybridized carbons (Fsp3) is 0.214. The molecule has 0 fully saturated rings. The van der Waals surface area contributed by atoms with Crippen molar-refractivity contribution in [2.45, 2.75) is 13.8 Å². The van der Waals surface area contributed by atoms with E-state index in [0.29, 0.717) is 5.56 Å². The van der Waals surface area contributed by atoms with E-state index in [4.69, 9.17) is 4.74 Å². The molecule has 5 nitrogen and oxygen atoms in total. The minimum atomic E-state index is -0.165. The Morgan fingerprint density at radius 2 is 1.95 bits per heavy atom. The van der Waals surface area contributed by atoms with Gasteiger partial charge in [-0.1, -0.05) is 0 Å². The molecule has 2 rings (SSSR count). The third kappa shape index (κ3) is 2.70. The fourth-order valence-electron chi connectivity index (χ4n) is 1.91. The lowest BCUT2D eigenvalue weighted by Crippen LogP contribution is -2.10. The Kier molecular flexibility index (Phi) is 3.75. The summed E-state index contributed by atoms with van der Waals surface area (Å²) >= 11 is 0. The predicted molar refractivity (Wildman–Crippen MR) is 74.9 cm³/mol. The maximum absolute atomic E-state index is 11.9. The van der Waals surface area contributed by atoms with E-state index in [9.17, 15) is 4.79 Å². The van der Waals surface area contributed by atoms with E-state index in [1.54, 1.807) is 26.4 Å². The molecule has 3 N–H and O–H groups in total. The van der Waals surface area contributed by atoms with Crippen LogP contribution in [0, 0.1) is 13.8 Å². The highest BCUT2D eigenvalue weighted by atomic mass is 16.5. The van der Waals surface area contributed by atoms with Gasteiger partial charge in [-0.15, -0.1) is 0 Å². The molecule has 1 heterocycles. The van der Waals surface area contributed by atoms with Crippen molar-refractivity contribution in [1.82, 2.24) is 15.2 Å². The number of benzene rings is 1. The summed E-state index contributed by atoms with van der Waals surface area (Å²) in [7, 11) is 1.63. The summed E-state index contributed by atoms with van der Waals surface area (Å²) in [6.07, 6.45) is 3.37. The van der Waals surface area contributed by atoms with Crippen LogP contribution in [0.4, 0.5) is 0 Å². The normalized spacial score (nSPS) is 10.1. The molecule has 0 amide bonds. The first kappa shape index (κ1) is 13.0. The molecule has 100 valence electrons. The van der Waals surface area contributed by atoms with E-state index in [1.807, 2.05) is 25.1 Å². The number of aryl methyl sites for hydroxylation is 1. The third-order valence-corrected chi connectivity index (χ3v) is 3.00. The van der Waals surface area contributed by atoms with Crippen molar-refractivity contribution < 1.29 is 4.74 Å². The maximum Gasteiger partial charge on any atom is 0.267 e. The maximum atomic E-state index is 11.9. The molecule has 1 aromatic carbocycles. The molecule has 0 saturated heterocycles. The fourth-order valence-corrected chi connectivity index (χ4v) is 1.91. The second kappa shape index (κ2) is 5.48. The first-order valence-electron chi connectivity index (χ1n) is 5.97. The molecule has 0 aliphatic rings. The van der Waals surface area contributed by atoms with Crippen molar-refractivity contribution in [3.8, 4) is 17.0 Å². The van der Waals surface area contributed by atoms with Crippen LogP contribution in [0.25, 0.3) is 11.3 Å². The Balaban J connectivity index is 2.69. The number of nitrogens with one attached hydrogen (secondary N) is 3. The zero-order valence-corrected chi connectivity index (χ0v) is 11.2. The Hall–Kier alpha value is -2.43. The summed E-state index contributed by atoms with van der Waals surface area (Å²) in [5.74, 6) is 0.798. The van der Waals surface area contributed by atoms with E-state index >= 15 is 0 Å². The van der Waals surface area contributed by atoms with Crippen molar-refractivity contribution >= 4 is 0 Å². The second-order valence-corrected chi connectivity index (χ2v) is 4.26. The average molecular weight is 259 g/mol. The van der Waals surface area contributed by atoms with Gasteiger partial charge in [-0.2, -0.15) is 0 Å². The number of H-pyrrole nitrogens is 3. The standard InChI is InChI=1S/C14H17N3O2/c1-9-8-11(19-3)4-5-12(9)13-10(2)14(18)17-16-7-6-15-13/h4-8,15-16H,1-3H3,(H,17,18). The summed E-state index contributed by atoms with van der Waals surface area (Å²) in [4.78, 5) is 15.0. The zero-order valence-electron chi connectivity index (χ0n) is 11.2. The van der Waals surface area contributed by atoms with Crippen LogP contribution in [-0.2, 0) is 0 Å². The van der Waals surface area contributed by atoms with Gasteiger partial charge in [-0.3, -0.25) is 9.89 Å². The van der Waals surface area contributed by atoms with Gasteiger partial charge in [0.1, 0.15) is 5.75 Å². The minimum absolute atomic E-state index is 0.165. The summed E-state index contributed by atoms with van der Waals surface area (Å²) in [5, 5.41) is 5.25. The molecule has 0 saturated carbocycles. The molecule has 0 aliphatic heterocycles. The number of aromatic amines is 3. The molecule has 1 aromatic heterocycles. The van der Waals surface area contributed by atoms with Gasteiger partial charge in [0.25, 0.3) is 5.56 Å². The van der Waals surface area contributed by atoms with Crippen LogP contribution in [0.2, 0.25) is 0 Å². The molecule has 19 heavy (non-hydrogen) atoms. The van der Waals surface area contributed by atoms with Crippen LogP contribution in [0.5, 0.6) is 5.75 Å². The highest BCUT2D eigenvalue weighted by molar-refractivity contribution is 5.66. The van der Waals surface area contributed by atoms with Gasteiger partial charge in [0.05, 0.1) is 12.8 Å². The first-order valence-corrected chi connectivity index (χ1v) is 5.97. The van der Waals surface area contributed by atoms with Crippen molar-refractivity contribution in [2.24, 2.45) is 0 Å². The largest absolute Gasteiger partial charge is 0.497 e. The molecule has 0 aliphatic carbocycles. The van der Waals surface area contributed by atoms with Crippen LogP contribution in [0.3, 0.4) is 0 Å². The lowest BCUT2D eigenvalue weighted by atomic mass is 10.0. The monoisotopic (exact) mass is 259 g/mol. The third-order valence-electron chi connectivity index (χ3n) is 3.00. The number of ether oxygens (including phenoxy) is 1. The highest BCUT2D eigenvalue weighted by Gasteiger charge is 2.07. The Labute approximate surface area is 111 Å². The Morgan fingerprint density at radius 1 is 1.16 bits per heavy atom. The van der Waals surface area contributed by atoms with Gasteiger partial charge in [0, 0.05) is 23.5 Å². The van der Waals surface area contributed by atoms with Gasteiger partial charge in [-0.25, -0.2) is 0 Å². The quantitative estimate of drug-likeness (QED) is 0.775. The smallest absolute Gasteiger partial charge is 0.267 e. The molecule has 0 spiro atoms. The van der Waals surface area contributed by atoms with Crippen molar-refractivity contribution in [2.75, 3.05) is 7.11 Å². The first-order chi connectivity index (χ1) is 9.13. The number of methoxy groups -OCH3 is 1. The Morgan fingerprint density at radius 3 is 2.63 bits per heavy atom. The number of aromatic nitrogens is 3. The van der Waals surface area contributed by atoms with Crippen LogP contribution in [-0.4, -0.2) is 22.3 Å². The lowest BCUT2D eigenvalue weighted by molar-refractivity contribution is 0.414. The molecule has 0 atom stereocenters. The summed E-state index contributed by atoms with van der Waals surface area (Å²) in [6, 6.07) is 5.76. The predicted octanol–water partition coefficient (Wildman–Crippen LogP) is 2.45. The van der Waals surface area contributed by atoms with Crippen molar-refractivity contribution in [3.05, 3.63) is 52.1 Å². The van der Waals surface area contributed by atoms with Crippen molar-refractivity contribution in [1.29, 1.82) is 0 Å². The van der Waals surface area contributed by atoms with Crippen LogP contribution < -0.4 is 10.3 Å². The van der Waals surface area contributed by atoms with E-state index in [1.165, 1.54) is 0 Å². The van der Waals surface area contributed by atoms with Gasteiger partial charge >= 0.3 is 0 Å². The second-order valence-electron chi connectivity index (χ2n) is 4.26. The van der Waals surface area contributed by atoms with Crippen molar-refractivity contribution in [3.63, 3.8) is 0 Å². The molecule has 0 unspecified atom stereocenters. The summed E-state index contributed by atoms with van der Waals surface area (Å²) < 4.78 is 5.19. The number of rotatable bonds is 2. The minimum Gasteiger partial charge on any atom is -0.497 e. The zero-order chi connectivity index (χ0) is 13.8. The van der Waals surface area contributed by atoms with Gasteiger partial charge in [0.15, 0.2) is 0 Å². The lowest BCUT2D eigenvalue weighted by Gasteiger charge is -2.09. The van der Waals surface area contributed by atoms with E-state index < -0.39 is 0 Å². The number of hydrogen-bond acceptors (Lipinski definition) is 2. The summed E-state index contributed by atoms with van der Waals surface area (Å²) in [5.41, 5.74) is 3.25. The topological polar surface area (TPSA) is 73.7 Å². The summed E-state index contributed by atoms with van der Waals surface area (Å²) in [6.45, 7) is 3.76. The molecular formula is C14H17N3O2. The van der Waals surface area contributed by atoms with Gasteiger partial charge in [0.2, 0.25) is 0 Å². The molecular weight excluding hydrogens is 242 g/mol. The molecule has 2 aromatic rings.